The summed E-state index contributed by atoms with van der Waals surface area (Å²) in [6.07, 6.45) is 2.93. The van der Waals surface area contributed by atoms with E-state index in [-0.39, 0.29) is 11.6 Å². The molecule has 4 rings (SSSR count). The normalized spacial score (nSPS) is 12.5. The number of benzene rings is 1. The zero-order chi connectivity index (χ0) is 19.0. The lowest BCUT2D eigenvalue weighted by molar-refractivity contribution is 0.102. The van der Waals surface area contributed by atoms with Crippen LogP contribution in [-0.4, -0.2) is 28.0 Å². The predicted octanol–water partition coefficient (Wildman–Crippen LogP) is 3.26. The van der Waals surface area contributed by atoms with Gasteiger partial charge in [0.2, 0.25) is 0 Å². The minimum absolute atomic E-state index is 0.232. The van der Waals surface area contributed by atoms with Crippen LogP contribution in [0.25, 0.3) is 5.69 Å². The number of nitriles is 1. The molecule has 1 aromatic carbocycles. The molecule has 0 radical (unpaired) electrons. The summed E-state index contributed by atoms with van der Waals surface area (Å²) in [5, 5.41) is 21.1. The molecule has 0 bridgehead atoms. The molecule has 0 atom stereocenters. The van der Waals surface area contributed by atoms with Crippen LogP contribution in [0.15, 0.2) is 24.3 Å². The van der Waals surface area contributed by atoms with Crippen LogP contribution in [0, 0.1) is 18.3 Å². The van der Waals surface area contributed by atoms with E-state index in [0.717, 1.165) is 30.5 Å². The molecule has 0 aliphatic heterocycles. The van der Waals surface area contributed by atoms with E-state index in [1.54, 1.807) is 18.7 Å². The second kappa shape index (κ2) is 6.85. The van der Waals surface area contributed by atoms with E-state index in [1.165, 1.54) is 16.2 Å². The SMILES string of the molecule is COc1cccc(-n2nnc(C(=O)Nc3sc4c(c3C#N)CCC4)c2C)c1. The number of hydrogen-bond donors (Lipinski definition) is 1. The number of fused-ring (bicyclic) bond motifs is 1. The highest BCUT2D eigenvalue weighted by molar-refractivity contribution is 7.16. The molecule has 1 N–H and O–H groups in total. The van der Waals surface area contributed by atoms with Crippen molar-refractivity contribution in [2.45, 2.75) is 26.2 Å². The number of anilines is 1. The highest BCUT2D eigenvalue weighted by Gasteiger charge is 2.25. The quantitative estimate of drug-likeness (QED) is 0.751. The number of nitrogens with zero attached hydrogens (tertiary/aromatic N) is 4. The number of methoxy groups -OCH3 is 1. The first kappa shape index (κ1) is 17.2. The average Bonchev–Trinajstić information content (AvgIpc) is 3.36. The molecule has 0 unspecified atom stereocenters. The number of hydrogen-bond acceptors (Lipinski definition) is 6. The fourth-order valence-corrected chi connectivity index (χ4v) is 4.53. The lowest BCUT2D eigenvalue weighted by atomic mass is 10.1. The monoisotopic (exact) mass is 379 g/mol. The van der Waals surface area contributed by atoms with Crippen LogP contribution >= 0.6 is 11.3 Å². The van der Waals surface area contributed by atoms with E-state index in [9.17, 15) is 10.1 Å². The van der Waals surface area contributed by atoms with E-state index in [0.29, 0.717) is 22.0 Å². The van der Waals surface area contributed by atoms with Crippen molar-refractivity contribution < 1.29 is 9.53 Å². The van der Waals surface area contributed by atoms with Crippen molar-refractivity contribution in [1.29, 1.82) is 5.26 Å². The van der Waals surface area contributed by atoms with Crippen LogP contribution < -0.4 is 10.1 Å². The molecule has 0 spiro atoms. The van der Waals surface area contributed by atoms with Gasteiger partial charge in [-0.05, 0) is 43.9 Å². The molecular weight excluding hydrogens is 362 g/mol. The maximum absolute atomic E-state index is 12.7. The molecule has 1 aliphatic carbocycles. The van der Waals surface area contributed by atoms with Crippen molar-refractivity contribution in [2.75, 3.05) is 12.4 Å². The smallest absolute Gasteiger partial charge is 0.278 e. The Hall–Kier alpha value is -3.18. The molecule has 2 aromatic heterocycles. The maximum atomic E-state index is 12.7. The first-order valence-corrected chi connectivity index (χ1v) is 9.36. The molecule has 1 aliphatic rings. The van der Waals surface area contributed by atoms with Crippen LogP contribution in [-0.2, 0) is 12.8 Å². The number of nitrogens with one attached hydrogen (secondary N) is 1. The topological polar surface area (TPSA) is 92.8 Å². The predicted molar refractivity (Wildman–Crippen MR) is 102 cm³/mol. The van der Waals surface area contributed by atoms with Gasteiger partial charge in [-0.15, -0.1) is 16.4 Å². The zero-order valence-corrected chi connectivity index (χ0v) is 15.8. The first-order chi connectivity index (χ1) is 13.1. The summed E-state index contributed by atoms with van der Waals surface area (Å²) in [6, 6.07) is 9.60. The van der Waals surface area contributed by atoms with Crippen molar-refractivity contribution in [3.63, 3.8) is 0 Å². The number of thiophene rings is 1. The number of aromatic nitrogens is 3. The number of amides is 1. The Labute approximate surface area is 160 Å². The van der Waals surface area contributed by atoms with Gasteiger partial charge in [0.25, 0.3) is 5.91 Å². The van der Waals surface area contributed by atoms with Gasteiger partial charge in [0.1, 0.15) is 16.8 Å². The third-order valence-corrected chi connectivity index (χ3v) is 5.87. The van der Waals surface area contributed by atoms with Crippen molar-refractivity contribution in [3.8, 4) is 17.5 Å². The summed E-state index contributed by atoms with van der Waals surface area (Å²) >= 11 is 1.48. The van der Waals surface area contributed by atoms with Gasteiger partial charge in [-0.25, -0.2) is 4.68 Å². The van der Waals surface area contributed by atoms with Crippen LogP contribution in [0.5, 0.6) is 5.75 Å². The summed E-state index contributed by atoms with van der Waals surface area (Å²) in [6.45, 7) is 1.79. The lowest BCUT2D eigenvalue weighted by Gasteiger charge is -2.06. The van der Waals surface area contributed by atoms with Gasteiger partial charge < -0.3 is 10.1 Å². The van der Waals surface area contributed by atoms with E-state index in [2.05, 4.69) is 21.7 Å². The fraction of sp³-hybridized carbons (Fsp3) is 0.263. The maximum Gasteiger partial charge on any atom is 0.278 e. The number of rotatable bonds is 4. The summed E-state index contributed by atoms with van der Waals surface area (Å²) in [5.74, 6) is 0.332. The van der Waals surface area contributed by atoms with E-state index in [4.69, 9.17) is 4.74 Å². The Morgan fingerprint density at radius 1 is 1.41 bits per heavy atom. The van der Waals surface area contributed by atoms with E-state index >= 15 is 0 Å². The number of ether oxygens (including phenoxy) is 1. The zero-order valence-electron chi connectivity index (χ0n) is 14.9. The molecule has 1 amide bonds. The molecule has 3 aromatic rings. The van der Waals surface area contributed by atoms with Gasteiger partial charge in [-0.1, -0.05) is 11.3 Å². The molecular formula is C19H17N5O2S. The van der Waals surface area contributed by atoms with Crippen molar-refractivity contribution in [3.05, 3.63) is 51.7 Å². The van der Waals surface area contributed by atoms with Crippen molar-refractivity contribution >= 4 is 22.2 Å². The summed E-state index contributed by atoms with van der Waals surface area (Å²) in [5.41, 5.74) is 3.26. The van der Waals surface area contributed by atoms with Crippen molar-refractivity contribution in [1.82, 2.24) is 15.0 Å². The second-order valence-corrected chi connectivity index (χ2v) is 7.37. The van der Waals surface area contributed by atoms with Gasteiger partial charge >= 0.3 is 0 Å². The van der Waals surface area contributed by atoms with E-state index < -0.39 is 0 Å². The minimum atomic E-state index is -0.363. The van der Waals surface area contributed by atoms with Crippen molar-refractivity contribution in [2.24, 2.45) is 0 Å². The van der Waals surface area contributed by atoms with Gasteiger partial charge in [0.05, 0.1) is 24.1 Å². The summed E-state index contributed by atoms with van der Waals surface area (Å²) in [4.78, 5) is 13.9. The molecule has 0 saturated carbocycles. The van der Waals surface area contributed by atoms with Crippen LogP contribution in [0.4, 0.5) is 5.00 Å². The van der Waals surface area contributed by atoms with Gasteiger partial charge in [0.15, 0.2) is 5.69 Å². The third-order valence-electron chi connectivity index (χ3n) is 4.67. The minimum Gasteiger partial charge on any atom is -0.497 e. The second-order valence-electron chi connectivity index (χ2n) is 6.26. The molecule has 2 heterocycles. The Bertz CT molecular complexity index is 1080. The van der Waals surface area contributed by atoms with Gasteiger partial charge in [0, 0.05) is 10.9 Å². The molecule has 7 nitrogen and oxygen atoms in total. The fourth-order valence-electron chi connectivity index (χ4n) is 3.30. The Morgan fingerprint density at radius 2 is 2.26 bits per heavy atom. The average molecular weight is 379 g/mol. The molecule has 0 saturated heterocycles. The molecule has 8 heteroatoms. The van der Waals surface area contributed by atoms with Gasteiger partial charge in [-0.3, -0.25) is 4.79 Å². The van der Waals surface area contributed by atoms with Crippen LogP contribution in [0.1, 0.15) is 38.6 Å². The Morgan fingerprint density at radius 3 is 3.04 bits per heavy atom. The van der Waals surface area contributed by atoms with Crippen LogP contribution in [0.3, 0.4) is 0 Å². The largest absolute Gasteiger partial charge is 0.497 e. The standard InChI is InChI=1S/C19H17N5O2S/c1-11-17(22-23-24(11)12-5-3-6-13(9-12)26-2)18(25)21-19-15(10-20)14-7-4-8-16(14)27-19/h3,5-6,9H,4,7-8H2,1-2H3,(H,21,25). The van der Waals surface area contributed by atoms with E-state index in [1.807, 2.05) is 24.3 Å². The highest BCUT2D eigenvalue weighted by Crippen LogP contribution is 2.38. The first-order valence-electron chi connectivity index (χ1n) is 8.55. The molecule has 27 heavy (non-hydrogen) atoms. The molecule has 136 valence electrons. The summed E-state index contributed by atoms with van der Waals surface area (Å²) in [7, 11) is 1.59. The number of aryl methyl sites for hydroxylation is 1. The van der Waals surface area contributed by atoms with Crippen LogP contribution in [0.2, 0.25) is 0 Å². The van der Waals surface area contributed by atoms with Gasteiger partial charge in [-0.2, -0.15) is 5.26 Å². The molecule has 0 fully saturated rings. The Balaban J connectivity index is 1.62. The lowest BCUT2D eigenvalue weighted by Crippen LogP contribution is -2.14. The number of carbonyl (C=O) groups is 1. The highest BCUT2D eigenvalue weighted by atomic mass is 32.1. The summed E-state index contributed by atoms with van der Waals surface area (Å²) < 4.78 is 6.83. The Kier molecular flexibility index (Phi) is 4.38. The third kappa shape index (κ3) is 2.96. The number of carbonyl (C=O) groups excluding carboxylic acids is 1.